The highest BCUT2D eigenvalue weighted by molar-refractivity contribution is 7.80. The summed E-state index contributed by atoms with van der Waals surface area (Å²) < 4.78 is 25.0. The number of hydrogen-bond acceptors (Lipinski definition) is 5. The first-order chi connectivity index (χ1) is 16.9. The van der Waals surface area contributed by atoms with E-state index in [9.17, 15) is 14.0 Å². The monoisotopic (exact) mass is 510 g/mol. The van der Waals surface area contributed by atoms with Crippen LogP contribution in [-0.4, -0.2) is 23.5 Å². The maximum absolute atomic E-state index is 13.5. The summed E-state index contributed by atoms with van der Waals surface area (Å²) in [4.78, 5) is 27.1. The van der Waals surface area contributed by atoms with Crippen LogP contribution in [0.3, 0.4) is 0 Å². The zero-order valence-corrected chi connectivity index (χ0v) is 20.2. The van der Waals surface area contributed by atoms with E-state index in [0.29, 0.717) is 29.2 Å². The number of carbonyl (C=O) groups excluding carboxylic acids is 2. The van der Waals surface area contributed by atoms with Crippen LogP contribution < -0.4 is 19.7 Å². The van der Waals surface area contributed by atoms with Gasteiger partial charge in [0, 0.05) is 0 Å². The summed E-state index contributed by atoms with van der Waals surface area (Å²) in [5.41, 5.74) is 1.49. The summed E-state index contributed by atoms with van der Waals surface area (Å²) in [6.45, 7) is 2.19. The van der Waals surface area contributed by atoms with Gasteiger partial charge in [0.15, 0.2) is 16.6 Å². The lowest BCUT2D eigenvalue weighted by Gasteiger charge is -2.28. The molecule has 9 heteroatoms. The molecule has 2 amide bonds. The molecule has 0 bridgehead atoms. The van der Waals surface area contributed by atoms with Crippen LogP contribution in [0.1, 0.15) is 18.1 Å². The van der Waals surface area contributed by atoms with Crippen LogP contribution in [0.15, 0.2) is 72.3 Å². The van der Waals surface area contributed by atoms with Crippen molar-refractivity contribution in [3.63, 3.8) is 0 Å². The number of hydrogen-bond donors (Lipinski definition) is 1. The lowest BCUT2D eigenvalue weighted by molar-refractivity contribution is -0.122. The van der Waals surface area contributed by atoms with E-state index in [1.165, 1.54) is 23.1 Å². The highest BCUT2D eigenvalue weighted by atomic mass is 35.5. The van der Waals surface area contributed by atoms with Crippen molar-refractivity contribution in [1.82, 2.24) is 5.32 Å². The van der Waals surface area contributed by atoms with Gasteiger partial charge in [-0.15, -0.1) is 0 Å². The largest absolute Gasteiger partial charge is 0.490 e. The Morgan fingerprint density at radius 1 is 1.06 bits per heavy atom. The van der Waals surface area contributed by atoms with Crippen molar-refractivity contribution in [2.24, 2.45) is 0 Å². The van der Waals surface area contributed by atoms with Crippen LogP contribution in [0.5, 0.6) is 11.5 Å². The fourth-order valence-electron chi connectivity index (χ4n) is 3.49. The van der Waals surface area contributed by atoms with Crippen molar-refractivity contribution >= 4 is 52.5 Å². The smallest absolute Gasteiger partial charge is 0.270 e. The molecular weight excluding hydrogens is 491 g/mol. The molecule has 1 heterocycles. The molecule has 0 saturated carbocycles. The number of anilines is 1. The van der Waals surface area contributed by atoms with Crippen LogP contribution in [0.25, 0.3) is 6.08 Å². The Morgan fingerprint density at radius 2 is 1.83 bits per heavy atom. The number of rotatable bonds is 7. The lowest BCUT2D eigenvalue weighted by atomic mass is 10.1. The van der Waals surface area contributed by atoms with E-state index in [4.69, 9.17) is 33.3 Å². The van der Waals surface area contributed by atoms with Crippen LogP contribution in [0.4, 0.5) is 10.1 Å². The number of benzene rings is 3. The van der Waals surface area contributed by atoms with E-state index in [1.807, 2.05) is 6.07 Å². The lowest BCUT2D eigenvalue weighted by Crippen LogP contribution is -2.54. The van der Waals surface area contributed by atoms with Gasteiger partial charge in [-0.3, -0.25) is 19.8 Å². The quantitative estimate of drug-likeness (QED) is 0.266. The molecule has 0 spiro atoms. The second kappa shape index (κ2) is 10.7. The normalized spacial score (nSPS) is 14.8. The number of ether oxygens (including phenoxy) is 2. The molecule has 1 aliphatic rings. The van der Waals surface area contributed by atoms with Gasteiger partial charge in [0.2, 0.25) is 0 Å². The molecule has 35 heavy (non-hydrogen) atoms. The molecule has 0 aliphatic carbocycles. The number of carbonyl (C=O) groups is 2. The molecule has 1 fully saturated rings. The van der Waals surface area contributed by atoms with Gasteiger partial charge >= 0.3 is 0 Å². The Hall–Kier alpha value is -3.75. The predicted octanol–water partition coefficient (Wildman–Crippen LogP) is 5.29. The van der Waals surface area contributed by atoms with Crippen LogP contribution in [0, 0.1) is 5.82 Å². The van der Waals surface area contributed by atoms with Crippen LogP contribution in [-0.2, 0) is 16.2 Å². The van der Waals surface area contributed by atoms with Gasteiger partial charge in [0.1, 0.15) is 18.0 Å². The summed E-state index contributed by atoms with van der Waals surface area (Å²) in [6.07, 6.45) is 1.42. The zero-order chi connectivity index (χ0) is 24.9. The molecule has 178 valence electrons. The highest BCUT2D eigenvalue weighted by Crippen LogP contribution is 2.38. The molecular formula is C26H20ClFN2O4S. The van der Waals surface area contributed by atoms with Gasteiger partial charge in [0.05, 0.1) is 17.3 Å². The molecule has 0 atom stereocenters. The van der Waals surface area contributed by atoms with Gasteiger partial charge in [-0.05, 0) is 72.7 Å². The Morgan fingerprint density at radius 3 is 2.54 bits per heavy atom. The first-order valence-electron chi connectivity index (χ1n) is 10.7. The fraction of sp³-hybridized carbons (Fsp3) is 0.115. The van der Waals surface area contributed by atoms with Gasteiger partial charge < -0.3 is 9.47 Å². The third kappa shape index (κ3) is 5.50. The molecule has 0 unspecified atom stereocenters. The number of halogens is 2. The van der Waals surface area contributed by atoms with Crippen LogP contribution in [0.2, 0.25) is 5.02 Å². The van der Waals surface area contributed by atoms with Gasteiger partial charge in [0.25, 0.3) is 11.8 Å². The molecule has 6 nitrogen and oxygen atoms in total. The molecule has 0 radical (unpaired) electrons. The van der Waals surface area contributed by atoms with Crippen molar-refractivity contribution in [3.05, 3.63) is 94.3 Å². The number of para-hydroxylation sites is 1. The van der Waals surface area contributed by atoms with Gasteiger partial charge in [-0.2, -0.15) is 0 Å². The minimum absolute atomic E-state index is 0.00233. The summed E-state index contributed by atoms with van der Waals surface area (Å²) in [5, 5.41) is 2.75. The standard InChI is InChI=1S/C26H20ClFN2O4S/c1-2-33-22-14-17(13-21(27)23(22)34-15-16-7-6-8-18(28)11-16)12-20-24(31)29-26(35)30(25(20)32)19-9-4-3-5-10-19/h3-14H,2,15H2,1H3,(H,29,31,35)/b20-12-. The first kappa shape index (κ1) is 24.4. The Kier molecular flexibility index (Phi) is 7.43. The van der Waals surface area contributed by atoms with Crippen molar-refractivity contribution in [3.8, 4) is 11.5 Å². The first-order valence-corrected chi connectivity index (χ1v) is 11.5. The number of nitrogens with zero attached hydrogens (tertiary/aromatic N) is 1. The maximum Gasteiger partial charge on any atom is 0.270 e. The van der Waals surface area contributed by atoms with E-state index >= 15 is 0 Å². The molecule has 1 saturated heterocycles. The minimum atomic E-state index is -0.618. The second-order valence-corrected chi connectivity index (χ2v) is 8.27. The predicted molar refractivity (Wildman–Crippen MR) is 136 cm³/mol. The summed E-state index contributed by atoms with van der Waals surface area (Å²) in [6, 6.07) is 18.0. The van der Waals surface area contributed by atoms with E-state index in [0.717, 1.165) is 0 Å². The van der Waals surface area contributed by atoms with E-state index in [-0.39, 0.29) is 33.9 Å². The van der Waals surface area contributed by atoms with Gasteiger partial charge in [-0.25, -0.2) is 4.39 Å². The van der Waals surface area contributed by atoms with Gasteiger partial charge in [-0.1, -0.05) is 41.9 Å². The molecule has 1 N–H and O–H groups in total. The molecule has 4 rings (SSSR count). The molecule has 0 aromatic heterocycles. The maximum atomic E-state index is 13.5. The number of thiocarbonyl (C=S) groups is 1. The molecule has 1 aliphatic heterocycles. The van der Waals surface area contributed by atoms with Crippen molar-refractivity contribution in [2.75, 3.05) is 11.5 Å². The third-order valence-electron chi connectivity index (χ3n) is 5.03. The Bertz CT molecular complexity index is 1330. The van der Waals surface area contributed by atoms with E-state index in [2.05, 4.69) is 5.32 Å². The van der Waals surface area contributed by atoms with Crippen molar-refractivity contribution in [2.45, 2.75) is 13.5 Å². The Balaban J connectivity index is 1.66. The minimum Gasteiger partial charge on any atom is -0.490 e. The van der Waals surface area contributed by atoms with Crippen LogP contribution >= 0.6 is 23.8 Å². The third-order valence-corrected chi connectivity index (χ3v) is 5.60. The highest BCUT2D eigenvalue weighted by Gasteiger charge is 2.34. The number of amides is 2. The van der Waals surface area contributed by atoms with Crippen molar-refractivity contribution < 1.29 is 23.5 Å². The Labute approximate surface area is 211 Å². The average molecular weight is 511 g/mol. The van der Waals surface area contributed by atoms with Crippen molar-refractivity contribution in [1.29, 1.82) is 0 Å². The summed E-state index contributed by atoms with van der Waals surface area (Å²) >= 11 is 11.7. The molecule has 3 aromatic carbocycles. The second-order valence-electron chi connectivity index (χ2n) is 7.47. The average Bonchev–Trinajstić information content (AvgIpc) is 2.82. The topological polar surface area (TPSA) is 67.9 Å². The number of nitrogens with one attached hydrogen (secondary N) is 1. The summed E-state index contributed by atoms with van der Waals surface area (Å²) in [5.74, 6) is -0.962. The SMILES string of the molecule is CCOc1cc(/C=C2/C(=O)NC(=S)N(c3ccccc3)C2=O)cc(Cl)c1OCc1cccc(F)c1. The molecule has 3 aromatic rings. The van der Waals surface area contributed by atoms with E-state index in [1.54, 1.807) is 55.5 Å². The zero-order valence-electron chi connectivity index (χ0n) is 18.6. The van der Waals surface area contributed by atoms with E-state index < -0.39 is 11.8 Å². The summed E-state index contributed by atoms with van der Waals surface area (Å²) in [7, 11) is 0. The fourth-order valence-corrected chi connectivity index (χ4v) is 4.05.